The second kappa shape index (κ2) is 6.78. The molecule has 0 aliphatic heterocycles. The number of hydrogen-bond acceptors (Lipinski definition) is 2. The Morgan fingerprint density at radius 1 is 1.22 bits per heavy atom. The Labute approximate surface area is 112 Å². The first-order valence-corrected chi connectivity index (χ1v) is 6.93. The quantitative estimate of drug-likeness (QED) is 0.557. The van der Waals surface area contributed by atoms with Crippen molar-refractivity contribution >= 4 is 23.2 Å². The molecule has 1 aromatic heterocycles. The number of rotatable bonds is 3. The molecule has 2 rings (SSSR count). The molecule has 0 spiro atoms. The highest BCUT2D eigenvalue weighted by atomic mass is 32.1. The Morgan fingerprint density at radius 2 is 2.11 bits per heavy atom. The molecule has 1 nitrogen and oxygen atoms in total. The van der Waals surface area contributed by atoms with Gasteiger partial charge in [0.15, 0.2) is 0 Å². The average molecular weight is 253 g/mol. The molecular weight excluding hydrogens is 238 g/mol. The van der Waals surface area contributed by atoms with Gasteiger partial charge in [-0.3, -0.25) is 4.99 Å². The van der Waals surface area contributed by atoms with Crippen molar-refractivity contribution in [2.75, 3.05) is 0 Å². The standard InChI is InChI=1S/C16H15NS/c1-2-3-4-8-14-9-5-6-11-16(14)17-13-15-10-7-12-18-15/h5-7,9-13H,2-3H2,1H3. The molecule has 0 N–H and O–H groups in total. The summed E-state index contributed by atoms with van der Waals surface area (Å²) in [5, 5.41) is 2.05. The van der Waals surface area contributed by atoms with Crippen LogP contribution in [0.4, 0.5) is 5.69 Å². The van der Waals surface area contributed by atoms with Crippen molar-refractivity contribution in [3.63, 3.8) is 0 Å². The van der Waals surface area contributed by atoms with Gasteiger partial charge in [0.1, 0.15) is 0 Å². The van der Waals surface area contributed by atoms with Gasteiger partial charge < -0.3 is 0 Å². The summed E-state index contributed by atoms with van der Waals surface area (Å²) < 4.78 is 0. The zero-order chi connectivity index (χ0) is 12.6. The maximum absolute atomic E-state index is 4.51. The SMILES string of the molecule is CCCC#Cc1ccccc1N=Cc1cccs1. The molecule has 2 heteroatoms. The number of para-hydroxylation sites is 1. The lowest BCUT2D eigenvalue weighted by Gasteiger charge is -1.96. The lowest BCUT2D eigenvalue weighted by Crippen LogP contribution is -1.78. The van der Waals surface area contributed by atoms with E-state index in [4.69, 9.17) is 0 Å². The normalized spacial score (nSPS) is 10.3. The second-order valence-electron chi connectivity index (χ2n) is 3.84. The van der Waals surface area contributed by atoms with E-state index in [2.05, 4.69) is 29.8 Å². The van der Waals surface area contributed by atoms with Crippen molar-refractivity contribution in [1.29, 1.82) is 0 Å². The number of nitrogens with zero attached hydrogens (tertiary/aromatic N) is 1. The Hall–Kier alpha value is -1.85. The molecule has 1 heterocycles. The fraction of sp³-hybridized carbons (Fsp3) is 0.188. The lowest BCUT2D eigenvalue weighted by molar-refractivity contribution is 0.983. The third kappa shape index (κ3) is 3.58. The molecule has 90 valence electrons. The zero-order valence-corrected chi connectivity index (χ0v) is 11.2. The van der Waals surface area contributed by atoms with Crippen LogP contribution in [0.5, 0.6) is 0 Å². The number of thiophene rings is 1. The van der Waals surface area contributed by atoms with E-state index in [1.165, 1.54) is 0 Å². The molecule has 0 saturated heterocycles. The lowest BCUT2D eigenvalue weighted by atomic mass is 10.2. The van der Waals surface area contributed by atoms with Gasteiger partial charge in [0.05, 0.1) is 11.3 Å². The molecule has 2 aromatic rings. The summed E-state index contributed by atoms with van der Waals surface area (Å²) in [5.74, 6) is 6.35. The predicted octanol–water partition coefficient (Wildman–Crippen LogP) is 4.65. The minimum Gasteiger partial charge on any atom is -0.254 e. The highest BCUT2D eigenvalue weighted by Crippen LogP contribution is 2.18. The monoisotopic (exact) mass is 253 g/mol. The van der Waals surface area contributed by atoms with Crippen molar-refractivity contribution in [2.45, 2.75) is 19.8 Å². The van der Waals surface area contributed by atoms with E-state index in [0.717, 1.165) is 29.0 Å². The molecule has 18 heavy (non-hydrogen) atoms. The van der Waals surface area contributed by atoms with Gasteiger partial charge in [-0.1, -0.05) is 37.0 Å². The van der Waals surface area contributed by atoms with E-state index >= 15 is 0 Å². The maximum atomic E-state index is 4.51. The topological polar surface area (TPSA) is 12.4 Å². The van der Waals surface area contributed by atoms with Crippen molar-refractivity contribution in [1.82, 2.24) is 0 Å². The van der Waals surface area contributed by atoms with E-state index in [1.807, 2.05) is 41.9 Å². The number of hydrogen-bond donors (Lipinski definition) is 0. The molecule has 0 saturated carbocycles. The zero-order valence-electron chi connectivity index (χ0n) is 10.4. The number of aliphatic imine (C=N–C) groups is 1. The Bertz CT molecular complexity index is 571. The van der Waals surface area contributed by atoms with Gasteiger partial charge in [-0.15, -0.1) is 11.3 Å². The highest BCUT2D eigenvalue weighted by Gasteiger charge is 1.95. The summed E-state index contributed by atoms with van der Waals surface area (Å²) in [6.45, 7) is 2.13. The average Bonchev–Trinajstić information content (AvgIpc) is 2.91. The third-order valence-corrected chi connectivity index (χ3v) is 3.18. The molecule has 1 aromatic carbocycles. The van der Waals surface area contributed by atoms with E-state index in [0.29, 0.717) is 0 Å². The first-order valence-electron chi connectivity index (χ1n) is 6.05. The van der Waals surface area contributed by atoms with Crippen LogP contribution in [0.15, 0.2) is 46.8 Å². The van der Waals surface area contributed by atoms with Gasteiger partial charge in [-0.05, 0) is 30.0 Å². The Kier molecular flexibility index (Phi) is 4.75. The summed E-state index contributed by atoms with van der Waals surface area (Å²) in [5.41, 5.74) is 1.94. The van der Waals surface area contributed by atoms with Gasteiger partial charge in [-0.25, -0.2) is 0 Å². The number of benzene rings is 1. The Morgan fingerprint density at radius 3 is 2.89 bits per heavy atom. The molecule has 0 bridgehead atoms. The summed E-state index contributed by atoms with van der Waals surface area (Å²) in [7, 11) is 0. The van der Waals surface area contributed by atoms with Crippen molar-refractivity contribution < 1.29 is 0 Å². The van der Waals surface area contributed by atoms with Gasteiger partial charge >= 0.3 is 0 Å². The van der Waals surface area contributed by atoms with E-state index in [9.17, 15) is 0 Å². The number of unbranched alkanes of at least 4 members (excludes halogenated alkanes) is 1. The molecule has 0 amide bonds. The van der Waals surface area contributed by atoms with Crippen LogP contribution in [0.3, 0.4) is 0 Å². The fourth-order valence-electron chi connectivity index (χ4n) is 1.47. The fourth-order valence-corrected chi connectivity index (χ4v) is 2.06. The van der Waals surface area contributed by atoms with E-state index in [1.54, 1.807) is 11.3 Å². The van der Waals surface area contributed by atoms with Crippen LogP contribution in [0.1, 0.15) is 30.2 Å². The molecule has 0 aliphatic carbocycles. The first kappa shape index (κ1) is 12.6. The van der Waals surface area contributed by atoms with Gasteiger partial charge in [0, 0.05) is 17.5 Å². The van der Waals surface area contributed by atoms with Crippen LogP contribution in [0.25, 0.3) is 0 Å². The van der Waals surface area contributed by atoms with Gasteiger partial charge in [0.25, 0.3) is 0 Å². The smallest absolute Gasteiger partial charge is 0.0786 e. The molecule has 0 unspecified atom stereocenters. The minimum atomic E-state index is 0.934. The Balaban J connectivity index is 2.20. The van der Waals surface area contributed by atoms with E-state index in [-0.39, 0.29) is 0 Å². The molecule has 0 fully saturated rings. The summed E-state index contributed by atoms with van der Waals surface area (Å²) in [6, 6.07) is 12.1. The van der Waals surface area contributed by atoms with Crippen LogP contribution in [0, 0.1) is 11.8 Å². The largest absolute Gasteiger partial charge is 0.254 e. The van der Waals surface area contributed by atoms with Crippen molar-refractivity contribution in [3.05, 3.63) is 52.2 Å². The van der Waals surface area contributed by atoms with Crippen LogP contribution in [-0.4, -0.2) is 6.21 Å². The first-order chi connectivity index (χ1) is 8.90. The maximum Gasteiger partial charge on any atom is 0.0786 e. The third-order valence-electron chi connectivity index (χ3n) is 2.38. The molecule has 0 aliphatic rings. The van der Waals surface area contributed by atoms with Crippen molar-refractivity contribution in [3.8, 4) is 11.8 Å². The minimum absolute atomic E-state index is 0.934. The second-order valence-corrected chi connectivity index (χ2v) is 4.82. The van der Waals surface area contributed by atoms with Gasteiger partial charge in [-0.2, -0.15) is 0 Å². The highest BCUT2D eigenvalue weighted by molar-refractivity contribution is 7.11. The van der Waals surface area contributed by atoms with E-state index < -0.39 is 0 Å². The van der Waals surface area contributed by atoms with Crippen LogP contribution >= 0.6 is 11.3 Å². The van der Waals surface area contributed by atoms with Crippen LogP contribution < -0.4 is 0 Å². The van der Waals surface area contributed by atoms with Gasteiger partial charge in [0.2, 0.25) is 0 Å². The molecule has 0 atom stereocenters. The molecular formula is C16H15NS. The predicted molar refractivity (Wildman–Crippen MR) is 79.8 cm³/mol. The van der Waals surface area contributed by atoms with Crippen LogP contribution in [0.2, 0.25) is 0 Å². The summed E-state index contributed by atoms with van der Waals surface area (Å²) in [4.78, 5) is 5.67. The van der Waals surface area contributed by atoms with Crippen molar-refractivity contribution in [2.24, 2.45) is 4.99 Å². The molecule has 0 radical (unpaired) electrons. The summed E-state index contributed by atoms with van der Waals surface area (Å²) in [6.07, 6.45) is 3.92. The van der Waals surface area contributed by atoms with Crippen LogP contribution in [-0.2, 0) is 0 Å². The summed E-state index contributed by atoms with van der Waals surface area (Å²) >= 11 is 1.68.